The van der Waals surface area contributed by atoms with E-state index in [0.717, 1.165) is 54.7 Å². The van der Waals surface area contributed by atoms with E-state index in [4.69, 9.17) is 0 Å². The monoisotopic (exact) mass is 415 g/mol. The van der Waals surface area contributed by atoms with Crippen LogP contribution in [0.25, 0.3) is 12.2 Å². The van der Waals surface area contributed by atoms with E-state index in [1.165, 1.54) is 36.8 Å². The van der Waals surface area contributed by atoms with Gasteiger partial charge in [-0.25, -0.2) is 0 Å². The molecule has 1 fully saturated rings. The molecule has 2 aromatic carbocycles. The minimum Gasteiger partial charge on any atom is -0.295 e. The molecule has 0 saturated carbocycles. The Balaban J connectivity index is 1.78. The summed E-state index contributed by atoms with van der Waals surface area (Å²) in [6, 6.07) is 17.4. The zero-order chi connectivity index (χ0) is 22.1. The number of benzene rings is 2. The van der Waals surface area contributed by atoms with Crippen LogP contribution >= 0.6 is 0 Å². The summed E-state index contributed by atoms with van der Waals surface area (Å²) in [5.74, 6) is 0.190. The van der Waals surface area contributed by atoms with E-state index in [1.807, 2.05) is 0 Å². The van der Waals surface area contributed by atoms with Crippen LogP contribution in [0.3, 0.4) is 0 Å². The Hall–Kier alpha value is -2.45. The second-order valence-electron chi connectivity index (χ2n) is 8.66. The van der Waals surface area contributed by atoms with E-state index in [2.05, 4.69) is 86.4 Å². The van der Waals surface area contributed by atoms with E-state index in [-0.39, 0.29) is 5.78 Å². The van der Waals surface area contributed by atoms with Crippen LogP contribution in [0.1, 0.15) is 68.7 Å². The third-order valence-corrected chi connectivity index (χ3v) is 6.10. The van der Waals surface area contributed by atoms with Gasteiger partial charge in [0.1, 0.15) is 0 Å². The van der Waals surface area contributed by atoms with Crippen LogP contribution in [-0.2, 0) is 17.6 Å². The molecule has 164 valence electrons. The van der Waals surface area contributed by atoms with E-state index < -0.39 is 0 Å². The predicted octanol–water partition coefficient (Wildman–Crippen LogP) is 6.74. The van der Waals surface area contributed by atoms with Crippen LogP contribution in [0, 0.1) is 0 Å². The molecule has 0 aromatic heterocycles. The number of likely N-dealkylation sites (tertiary alicyclic amines) is 1. The van der Waals surface area contributed by atoms with Gasteiger partial charge in [0.05, 0.1) is 0 Å². The van der Waals surface area contributed by atoms with Gasteiger partial charge in [-0.3, -0.25) is 9.69 Å². The summed E-state index contributed by atoms with van der Waals surface area (Å²) in [7, 11) is 0. The highest BCUT2D eigenvalue weighted by molar-refractivity contribution is 6.14. The maximum Gasteiger partial charge on any atom is 0.187 e. The largest absolute Gasteiger partial charge is 0.295 e. The SMILES string of the molecule is CCCCc1ccc(/C=C2/CN(CC)C/C(=C\c3ccc(CCCC)cc3)C2=O)cc1. The third kappa shape index (κ3) is 6.77. The molecule has 31 heavy (non-hydrogen) atoms. The van der Waals surface area contributed by atoms with Crippen molar-refractivity contribution in [1.29, 1.82) is 0 Å². The normalized spacial score (nSPS) is 17.6. The molecule has 0 amide bonds. The van der Waals surface area contributed by atoms with Gasteiger partial charge in [0.2, 0.25) is 0 Å². The Morgan fingerprint density at radius 3 is 1.48 bits per heavy atom. The molecule has 3 rings (SSSR count). The Bertz CT molecular complexity index is 829. The first kappa shape index (κ1) is 23.2. The fourth-order valence-corrected chi connectivity index (χ4v) is 4.06. The second-order valence-corrected chi connectivity index (χ2v) is 8.66. The topological polar surface area (TPSA) is 20.3 Å². The van der Waals surface area contributed by atoms with Gasteiger partial charge in [-0.1, -0.05) is 82.1 Å². The summed E-state index contributed by atoms with van der Waals surface area (Å²) < 4.78 is 0. The minimum absolute atomic E-state index is 0.190. The average Bonchev–Trinajstić information content (AvgIpc) is 2.80. The molecule has 0 radical (unpaired) electrons. The summed E-state index contributed by atoms with van der Waals surface area (Å²) in [4.78, 5) is 15.6. The number of likely N-dealkylation sites (N-methyl/N-ethyl adjacent to an activating group) is 1. The summed E-state index contributed by atoms with van der Waals surface area (Å²) in [6.45, 7) is 8.99. The molecule has 2 aromatic rings. The number of nitrogens with zero attached hydrogens (tertiary/aromatic N) is 1. The van der Waals surface area contributed by atoms with Crippen LogP contribution in [0.4, 0.5) is 0 Å². The molecule has 0 unspecified atom stereocenters. The third-order valence-electron chi connectivity index (χ3n) is 6.10. The van der Waals surface area contributed by atoms with Crippen LogP contribution in [0.5, 0.6) is 0 Å². The molecular weight excluding hydrogens is 378 g/mol. The Labute approximate surface area is 188 Å². The smallest absolute Gasteiger partial charge is 0.187 e. The molecule has 0 aliphatic carbocycles. The zero-order valence-electron chi connectivity index (χ0n) is 19.5. The second kappa shape index (κ2) is 11.8. The molecule has 0 atom stereocenters. The van der Waals surface area contributed by atoms with Gasteiger partial charge in [0, 0.05) is 24.2 Å². The average molecular weight is 416 g/mol. The summed E-state index contributed by atoms with van der Waals surface area (Å²) in [6.07, 6.45) is 11.3. The lowest BCUT2D eigenvalue weighted by atomic mass is 9.93. The standard InChI is InChI=1S/C29H37NO/c1-4-7-9-23-11-15-25(16-12-23)19-27-21-30(6-3)22-28(29(27)31)20-26-17-13-24(14-18-26)10-8-5-2/h11-20H,4-10,21-22H2,1-3H3/b27-19-,28-20+. The van der Waals surface area contributed by atoms with Crippen molar-refractivity contribution in [3.63, 3.8) is 0 Å². The summed E-state index contributed by atoms with van der Waals surface area (Å²) in [5, 5.41) is 0. The molecule has 0 bridgehead atoms. The number of carbonyl (C=O) groups excluding carboxylic acids is 1. The molecule has 1 aliphatic rings. The Morgan fingerprint density at radius 1 is 0.710 bits per heavy atom. The zero-order valence-corrected chi connectivity index (χ0v) is 19.5. The van der Waals surface area contributed by atoms with Crippen molar-refractivity contribution in [2.24, 2.45) is 0 Å². The number of hydrogen-bond donors (Lipinski definition) is 0. The fourth-order valence-electron chi connectivity index (χ4n) is 4.06. The van der Waals surface area contributed by atoms with Crippen LogP contribution in [-0.4, -0.2) is 30.3 Å². The van der Waals surface area contributed by atoms with Gasteiger partial charge in [-0.15, -0.1) is 0 Å². The number of hydrogen-bond acceptors (Lipinski definition) is 2. The van der Waals surface area contributed by atoms with Gasteiger partial charge in [-0.2, -0.15) is 0 Å². The highest BCUT2D eigenvalue weighted by Crippen LogP contribution is 2.22. The molecule has 1 saturated heterocycles. The lowest BCUT2D eigenvalue weighted by Gasteiger charge is -2.28. The summed E-state index contributed by atoms with van der Waals surface area (Å²) >= 11 is 0. The van der Waals surface area contributed by atoms with Crippen molar-refractivity contribution in [2.75, 3.05) is 19.6 Å². The van der Waals surface area contributed by atoms with E-state index >= 15 is 0 Å². The first-order valence-electron chi connectivity index (χ1n) is 12.0. The first-order chi connectivity index (χ1) is 15.1. The number of Topliss-reactive ketones (excluding diaryl/α,β-unsaturated/α-hetero) is 1. The molecule has 0 N–H and O–H groups in total. The van der Waals surface area contributed by atoms with Crippen molar-refractivity contribution in [3.8, 4) is 0 Å². The Kier molecular flexibility index (Phi) is 8.85. The molecule has 2 nitrogen and oxygen atoms in total. The van der Waals surface area contributed by atoms with Crippen molar-refractivity contribution >= 4 is 17.9 Å². The quantitative estimate of drug-likeness (QED) is 0.423. The molecule has 0 spiro atoms. The number of unbranched alkanes of at least 4 members (excludes halogenated alkanes) is 2. The van der Waals surface area contributed by atoms with Crippen molar-refractivity contribution in [2.45, 2.75) is 59.3 Å². The van der Waals surface area contributed by atoms with Gasteiger partial charge in [0.25, 0.3) is 0 Å². The molecular formula is C29H37NO. The van der Waals surface area contributed by atoms with Gasteiger partial charge >= 0.3 is 0 Å². The summed E-state index contributed by atoms with van der Waals surface area (Å²) in [5.41, 5.74) is 6.75. The Morgan fingerprint density at radius 2 is 1.13 bits per heavy atom. The number of rotatable bonds is 9. The number of ketones is 1. The number of carbonyl (C=O) groups is 1. The predicted molar refractivity (Wildman–Crippen MR) is 133 cm³/mol. The van der Waals surface area contributed by atoms with E-state index in [9.17, 15) is 4.79 Å². The van der Waals surface area contributed by atoms with Crippen LogP contribution in [0.2, 0.25) is 0 Å². The van der Waals surface area contributed by atoms with Crippen molar-refractivity contribution < 1.29 is 4.79 Å². The number of aryl methyl sites for hydroxylation is 2. The van der Waals surface area contributed by atoms with Crippen molar-refractivity contribution in [1.82, 2.24) is 4.90 Å². The lowest BCUT2D eigenvalue weighted by Crippen LogP contribution is -2.37. The lowest BCUT2D eigenvalue weighted by molar-refractivity contribution is -0.113. The molecule has 1 aliphatic heterocycles. The first-order valence-corrected chi connectivity index (χ1v) is 12.0. The van der Waals surface area contributed by atoms with Gasteiger partial charge in [0.15, 0.2) is 5.78 Å². The van der Waals surface area contributed by atoms with E-state index in [1.54, 1.807) is 0 Å². The van der Waals surface area contributed by atoms with Crippen LogP contribution < -0.4 is 0 Å². The van der Waals surface area contributed by atoms with Gasteiger partial charge in [-0.05, 0) is 66.6 Å². The maximum absolute atomic E-state index is 13.2. The highest BCUT2D eigenvalue weighted by Gasteiger charge is 2.25. The number of piperidine rings is 1. The molecule has 2 heteroatoms. The fraction of sp³-hybridized carbons (Fsp3) is 0.414. The molecule has 1 heterocycles. The minimum atomic E-state index is 0.190. The maximum atomic E-state index is 13.2. The van der Waals surface area contributed by atoms with Gasteiger partial charge < -0.3 is 0 Å². The van der Waals surface area contributed by atoms with Crippen LogP contribution in [0.15, 0.2) is 59.7 Å². The van der Waals surface area contributed by atoms with E-state index in [0.29, 0.717) is 0 Å². The van der Waals surface area contributed by atoms with Crippen molar-refractivity contribution in [3.05, 3.63) is 81.9 Å². The highest BCUT2D eigenvalue weighted by atomic mass is 16.1.